The highest BCUT2D eigenvalue weighted by Crippen LogP contribution is 2.40. The summed E-state index contributed by atoms with van der Waals surface area (Å²) in [5, 5.41) is 3.90. The molecule has 1 saturated heterocycles. The zero-order chi connectivity index (χ0) is 17.2. The summed E-state index contributed by atoms with van der Waals surface area (Å²) in [5.74, 6) is 0.0411. The fraction of sp³-hybridized carbons (Fsp3) is 0.368. The zero-order valence-electron chi connectivity index (χ0n) is 13.9. The smallest absolute Gasteiger partial charge is 0.258 e. The summed E-state index contributed by atoms with van der Waals surface area (Å²) in [6.07, 6.45) is 2.19. The van der Waals surface area contributed by atoms with Crippen molar-refractivity contribution in [2.45, 2.75) is 19.3 Å². The molecule has 0 atom stereocenters. The molecule has 1 amide bonds. The Morgan fingerprint density at radius 2 is 1.88 bits per heavy atom. The van der Waals surface area contributed by atoms with Gasteiger partial charge in [0.1, 0.15) is 5.00 Å². The first-order valence-electron chi connectivity index (χ1n) is 8.62. The fourth-order valence-corrected chi connectivity index (χ4v) is 4.76. The number of anilines is 2. The molecular formula is C19H20N2O3S. The minimum atomic E-state index is -0.125. The number of amides is 1. The Balaban J connectivity index is 1.73. The van der Waals surface area contributed by atoms with E-state index in [2.05, 4.69) is 10.2 Å². The Labute approximate surface area is 150 Å². The van der Waals surface area contributed by atoms with Crippen LogP contribution in [0.3, 0.4) is 0 Å². The van der Waals surface area contributed by atoms with Gasteiger partial charge in [-0.05, 0) is 30.5 Å². The highest BCUT2D eigenvalue weighted by Gasteiger charge is 2.32. The van der Waals surface area contributed by atoms with Crippen LogP contribution in [0.4, 0.5) is 10.7 Å². The highest BCUT2D eigenvalue weighted by molar-refractivity contribution is 7.18. The molecule has 2 aromatic rings. The van der Waals surface area contributed by atoms with Gasteiger partial charge >= 0.3 is 0 Å². The summed E-state index contributed by atoms with van der Waals surface area (Å²) in [7, 11) is 0. The summed E-state index contributed by atoms with van der Waals surface area (Å²) in [5.41, 5.74) is 2.37. The lowest BCUT2D eigenvalue weighted by Gasteiger charge is -2.28. The van der Waals surface area contributed by atoms with Crippen LogP contribution in [0.15, 0.2) is 30.3 Å². The number of carbonyl (C=O) groups excluding carboxylic acids is 2. The third-order valence-corrected chi connectivity index (χ3v) is 5.96. The van der Waals surface area contributed by atoms with Crippen molar-refractivity contribution in [1.82, 2.24) is 0 Å². The van der Waals surface area contributed by atoms with Crippen molar-refractivity contribution >= 4 is 33.7 Å². The van der Waals surface area contributed by atoms with Gasteiger partial charge in [0.2, 0.25) is 0 Å². The van der Waals surface area contributed by atoms with Gasteiger partial charge in [-0.3, -0.25) is 9.59 Å². The molecule has 1 aliphatic heterocycles. The van der Waals surface area contributed by atoms with Crippen molar-refractivity contribution in [3.8, 4) is 0 Å². The van der Waals surface area contributed by atoms with Gasteiger partial charge in [-0.1, -0.05) is 18.2 Å². The van der Waals surface area contributed by atoms with E-state index in [1.807, 2.05) is 30.3 Å². The predicted molar refractivity (Wildman–Crippen MR) is 99.0 cm³/mol. The number of nitrogens with one attached hydrogen (secondary N) is 1. The second-order valence-electron chi connectivity index (χ2n) is 6.29. The number of rotatable bonds is 3. The number of carbonyl (C=O) groups is 2. The number of hydrogen-bond donors (Lipinski definition) is 1. The van der Waals surface area contributed by atoms with E-state index in [1.165, 1.54) is 11.3 Å². The number of hydrogen-bond acceptors (Lipinski definition) is 5. The van der Waals surface area contributed by atoms with Crippen molar-refractivity contribution in [1.29, 1.82) is 0 Å². The molecule has 2 aliphatic rings. The molecular weight excluding hydrogens is 336 g/mol. The Morgan fingerprint density at radius 3 is 2.64 bits per heavy atom. The number of Topliss-reactive ketones (excluding diaryl/α,β-unsaturated/α-hetero) is 1. The topological polar surface area (TPSA) is 58.6 Å². The molecule has 130 valence electrons. The number of ether oxygens (including phenoxy) is 1. The Bertz CT molecular complexity index is 795. The minimum Gasteiger partial charge on any atom is -0.378 e. The largest absolute Gasteiger partial charge is 0.378 e. The predicted octanol–water partition coefficient (Wildman–Crippen LogP) is 3.36. The van der Waals surface area contributed by atoms with Crippen molar-refractivity contribution in [2.24, 2.45) is 0 Å². The molecule has 0 radical (unpaired) electrons. The molecule has 0 saturated carbocycles. The molecule has 1 fully saturated rings. The second-order valence-corrected chi connectivity index (χ2v) is 7.29. The summed E-state index contributed by atoms with van der Waals surface area (Å²) < 4.78 is 5.44. The lowest BCUT2D eigenvalue weighted by Crippen LogP contribution is -2.36. The van der Waals surface area contributed by atoms with Crippen LogP contribution in [-0.4, -0.2) is 38.0 Å². The molecule has 25 heavy (non-hydrogen) atoms. The maximum Gasteiger partial charge on any atom is 0.258 e. The molecule has 2 heterocycles. The average molecular weight is 356 g/mol. The maximum absolute atomic E-state index is 13.0. The molecule has 1 aromatic heterocycles. The van der Waals surface area contributed by atoms with E-state index in [0.29, 0.717) is 25.2 Å². The third-order valence-electron chi connectivity index (χ3n) is 4.63. The monoisotopic (exact) mass is 356 g/mol. The van der Waals surface area contributed by atoms with Gasteiger partial charge in [0.25, 0.3) is 5.91 Å². The SMILES string of the molecule is O=C1CCCc2c1sc(N1CCOCC1)c2C(=O)Nc1ccccc1. The lowest BCUT2D eigenvalue weighted by molar-refractivity contribution is 0.0977. The van der Waals surface area contributed by atoms with Crippen molar-refractivity contribution in [3.63, 3.8) is 0 Å². The van der Waals surface area contributed by atoms with E-state index in [9.17, 15) is 9.59 Å². The summed E-state index contributed by atoms with van der Waals surface area (Å²) in [6, 6.07) is 9.45. The van der Waals surface area contributed by atoms with E-state index < -0.39 is 0 Å². The number of para-hydroxylation sites is 1. The zero-order valence-corrected chi connectivity index (χ0v) is 14.7. The first-order chi connectivity index (χ1) is 12.2. The van der Waals surface area contributed by atoms with Crippen LogP contribution < -0.4 is 10.2 Å². The van der Waals surface area contributed by atoms with Gasteiger partial charge in [0.15, 0.2) is 5.78 Å². The standard InChI is InChI=1S/C19H20N2O3S/c22-15-8-4-7-14-16(18(23)20-13-5-2-1-3-6-13)19(25-17(14)15)21-9-11-24-12-10-21/h1-3,5-6H,4,7-12H2,(H,20,23). The summed E-state index contributed by atoms with van der Waals surface area (Å²) in [4.78, 5) is 28.3. The number of morpholine rings is 1. The van der Waals surface area contributed by atoms with E-state index in [4.69, 9.17) is 4.74 Å². The van der Waals surface area contributed by atoms with Crippen LogP contribution >= 0.6 is 11.3 Å². The molecule has 0 spiro atoms. The quantitative estimate of drug-likeness (QED) is 0.916. The number of ketones is 1. The van der Waals surface area contributed by atoms with Gasteiger partial charge in [0.05, 0.1) is 23.7 Å². The number of thiophene rings is 1. The van der Waals surface area contributed by atoms with Crippen molar-refractivity contribution in [2.75, 3.05) is 36.5 Å². The minimum absolute atomic E-state index is 0.125. The lowest BCUT2D eigenvalue weighted by atomic mass is 9.94. The molecule has 6 heteroatoms. The summed E-state index contributed by atoms with van der Waals surface area (Å²) >= 11 is 1.48. The van der Waals surface area contributed by atoms with Gasteiger partial charge in [0, 0.05) is 25.2 Å². The van der Waals surface area contributed by atoms with Gasteiger partial charge in [-0.15, -0.1) is 11.3 Å². The normalized spacial score (nSPS) is 17.3. The summed E-state index contributed by atoms with van der Waals surface area (Å²) in [6.45, 7) is 2.80. The van der Waals surface area contributed by atoms with Crippen LogP contribution in [0, 0.1) is 0 Å². The number of nitrogens with zero attached hydrogens (tertiary/aromatic N) is 1. The van der Waals surface area contributed by atoms with Crippen molar-refractivity contribution < 1.29 is 14.3 Å². The Morgan fingerprint density at radius 1 is 1.12 bits per heavy atom. The molecule has 0 bridgehead atoms. The van der Waals surface area contributed by atoms with E-state index in [0.717, 1.165) is 47.1 Å². The Hall–Kier alpha value is -2.18. The van der Waals surface area contributed by atoms with Crippen LogP contribution in [0.25, 0.3) is 0 Å². The average Bonchev–Trinajstić information content (AvgIpc) is 3.04. The Kier molecular flexibility index (Phi) is 4.55. The molecule has 5 nitrogen and oxygen atoms in total. The first-order valence-corrected chi connectivity index (χ1v) is 9.43. The molecule has 1 aliphatic carbocycles. The first kappa shape index (κ1) is 16.3. The second kappa shape index (κ2) is 6.98. The molecule has 4 rings (SSSR count). The van der Waals surface area contributed by atoms with Gasteiger partial charge in [-0.25, -0.2) is 0 Å². The van der Waals surface area contributed by atoms with Gasteiger partial charge < -0.3 is 15.0 Å². The number of fused-ring (bicyclic) bond motifs is 1. The van der Waals surface area contributed by atoms with Crippen molar-refractivity contribution in [3.05, 3.63) is 46.3 Å². The van der Waals surface area contributed by atoms with Crippen LogP contribution in [0.1, 0.15) is 38.4 Å². The van der Waals surface area contributed by atoms with Gasteiger partial charge in [-0.2, -0.15) is 0 Å². The van der Waals surface area contributed by atoms with E-state index in [1.54, 1.807) is 0 Å². The van der Waals surface area contributed by atoms with Crippen LogP contribution in [-0.2, 0) is 11.2 Å². The van der Waals surface area contributed by atoms with E-state index in [-0.39, 0.29) is 11.7 Å². The van der Waals surface area contributed by atoms with Crippen LogP contribution in [0.5, 0.6) is 0 Å². The maximum atomic E-state index is 13.0. The highest BCUT2D eigenvalue weighted by atomic mass is 32.1. The van der Waals surface area contributed by atoms with E-state index >= 15 is 0 Å². The molecule has 1 N–H and O–H groups in total. The molecule has 1 aromatic carbocycles. The third kappa shape index (κ3) is 3.19. The fourth-order valence-electron chi connectivity index (χ4n) is 3.39. The number of benzene rings is 1. The molecule has 0 unspecified atom stereocenters. The van der Waals surface area contributed by atoms with Crippen LogP contribution in [0.2, 0.25) is 0 Å².